The number of hydrogen-bond donors (Lipinski definition) is 2. The normalized spacial score (nSPS) is 10.6. The number of carbonyl (C=O) groups excluding carboxylic acids is 2. The van der Waals surface area contributed by atoms with E-state index in [0.29, 0.717) is 22.6 Å². The fourth-order valence-corrected chi connectivity index (χ4v) is 2.75. The average Bonchev–Trinajstić information content (AvgIpc) is 3.13. The minimum atomic E-state index is -0.424. The molecule has 0 unspecified atom stereocenters. The van der Waals surface area contributed by atoms with Gasteiger partial charge in [-0.25, -0.2) is 4.68 Å². The van der Waals surface area contributed by atoms with E-state index >= 15 is 0 Å². The van der Waals surface area contributed by atoms with Crippen molar-refractivity contribution in [2.24, 2.45) is 0 Å². The van der Waals surface area contributed by atoms with Crippen LogP contribution in [0.5, 0.6) is 0 Å². The monoisotopic (exact) mass is 352 g/mol. The summed E-state index contributed by atoms with van der Waals surface area (Å²) in [5, 5.41) is 4.41. The van der Waals surface area contributed by atoms with Gasteiger partial charge in [-0.3, -0.25) is 20.4 Å². The van der Waals surface area contributed by atoms with Gasteiger partial charge in [0.2, 0.25) is 0 Å². The van der Waals surface area contributed by atoms with E-state index in [1.165, 1.54) is 0 Å². The number of nitrogens with zero attached hydrogens (tertiary/aromatic N) is 2. The molecule has 0 saturated heterocycles. The quantitative estimate of drug-likeness (QED) is 0.709. The molecule has 0 aliphatic heterocycles. The average molecular weight is 352 g/mol. The molecule has 1 aromatic carbocycles. The molecule has 0 spiro atoms. The second-order valence-corrected chi connectivity index (χ2v) is 6.12. The first-order valence-corrected chi connectivity index (χ1v) is 8.16. The SMILES string of the molecule is Cc1cc(C)n(-c2ccc(C(=O)NNC(=O)c3cc(C)oc3C)cc2)n1. The molecule has 7 nitrogen and oxygen atoms in total. The smallest absolute Gasteiger partial charge is 0.273 e. The molecule has 0 atom stereocenters. The van der Waals surface area contributed by atoms with Crippen molar-refractivity contribution in [3.05, 3.63) is 70.4 Å². The number of furan rings is 1. The fourth-order valence-electron chi connectivity index (χ4n) is 2.75. The van der Waals surface area contributed by atoms with Gasteiger partial charge in [0, 0.05) is 11.3 Å². The van der Waals surface area contributed by atoms with Crippen LogP contribution in [0.25, 0.3) is 5.69 Å². The van der Waals surface area contributed by atoms with Crippen molar-refractivity contribution in [3.8, 4) is 5.69 Å². The highest BCUT2D eigenvalue weighted by atomic mass is 16.3. The van der Waals surface area contributed by atoms with Gasteiger partial charge in [0.25, 0.3) is 11.8 Å². The predicted molar refractivity (Wildman–Crippen MR) is 96.2 cm³/mol. The lowest BCUT2D eigenvalue weighted by Crippen LogP contribution is -2.41. The molecular formula is C19H20N4O3. The van der Waals surface area contributed by atoms with E-state index in [-0.39, 0.29) is 0 Å². The van der Waals surface area contributed by atoms with Gasteiger partial charge in [-0.1, -0.05) is 0 Å². The number of hydrazine groups is 1. The summed E-state index contributed by atoms with van der Waals surface area (Å²) >= 11 is 0. The van der Waals surface area contributed by atoms with Gasteiger partial charge < -0.3 is 4.42 Å². The highest BCUT2D eigenvalue weighted by Crippen LogP contribution is 2.14. The molecule has 0 aliphatic carbocycles. The molecule has 2 N–H and O–H groups in total. The Hall–Kier alpha value is -3.35. The first-order valence-electron chi connectivity index (χ1n) is 8.16. The maximum Gasteiger partial charge on any atom is 0.273 e. The van der Waals surface area contributed by atoms with Crippen LogP contribution >= 0.6 is 0 Å². The van der Waals surface area contributed by atoms with Gasteiger partial charge in [-0.2, -0.15) is 5.10 Å². The van der Waals surface area contributed by atoms with Gasteiger partial charge >= 0.3 is 0 Å². The number of carbonyl (C=O) groups is 2. The van der Waals surface area contributed by atoms with Crippen molar-refractivity contribution in [2.75, 3.05) is 0 Å². The number of hydrogen-bond acceptors (Lipinski definition) is 4. The van der Waals surface area contributed by atoms with Crippen molar-refractivity contribution in [1.82, 2.24) is 20.6 Å². The first-order chi connectivity index (χ1) is 12.3. The predicted octanol–water partition coefficient (Wildman–Crippen LogP) is 2.77. The van der Waals surface area contributed by atoms with Crippen LogP contribution in [0.1, 0.15) is 43.6 Å². The summed E-state index contributed by atoms with van der Waals surface area (Å²) in [6, 6.07) is 10.6. The molecule has 134 valence electrons. The van der Waals surface area contributed by atoms with Crippen molar-refractivity contribution in [3.63, 3.8) is 0 Å². The van der Waals surface area contributed by atoms with Crippen molar-refractivity contribution >= 4 is 11.8 Å². The highest BCUT2D eigenvalue weighted by Gasteiger charge is 2.15. The Labute approximate surface area is 151 Å². The van der Waals surface area contributed by atoms with Gasteiger partial charge in [0.1, 0.15) is 11.5 Å². The summed E-state index contributed by atoms with van der Waals surface area (Å²) in [6.07, 6.45) is 0. The number of rotatable bonds is 3. The number of benzene rings is 1. The Balaban J connectivity index is 1.66. The number of aryl methyl sites for hydroxylation is 4. The lowest BCUT2D eigenvalue weighted by molar-refractivity contribution is 0.0845. The Morgan fingerprint density at radius 2 is 1.62 bits per heavy atom. The molecule has 0 saturated carbocycles. The Kier molecular flexibility index (Phi) is 4.62. The van der Waals surface area contributed by atoms with Crippen LogP contribution < -0.4 is 10.9 Å². The minimum Gasteiger partial charge on any atom is -0.466 e. The van der Waals surface area contributed by atoms with E-state index in [2.05, 4.69) is 16.0 Å². The largest absolute Gasteiger partial charge is 0.466 e. The number of amides is 2. The van der Waals surface area contributed by atoms with E-state index in [0.717, 1.165) is 17.1 Å². The summed E-state index contributed by atoms with van der Waals surface area (Å²) in [5.74, 6) is 0.310. The van der Waals surface area contributed by atoms with Gasteiger partial charge in [-0.05, 0) is 64.1 Å². The molecule has 2 amide bonds. The molecule has 2 aromatic heterocycles. The summed E-state index contributed by atoms with van der Waals surface area (Å²) in [5.41, 5.74) is 8.42. The topological polar surface area (TPSA) is 89.2 Å². The van der Waals surface area contributed by atoms with Gasteiger partial charge in [0.15, 0.2) is 0 Å². The molecule has 0 bridgehead atoms. The molecule has 26 heavy (non-hydrogen) atoms. The second kappa shape index (κ2) is 6.87. The third-order valence-electron chi connectivity index (χ3n) is 3.96. The zero-order chi connectivity index (χ0) is 18.8. The van der Waals surface area contributed by atoms with Gasteiger partial charge in [-0.15, -0.1) is 0 Å². The van der Waals surface area contributed by atoms with E-state index in [1.54, 1.807) is 44.2 Å². The summed E-state index contributed by atoms with van der Waals surface area (Å²) in [6.45, 7) is 7.35. The molecule has 3 rings (SSSR count). The minimum absolute atomic E-state index is 0.391. The lowest BCUT2D eigenvalue weighted by Gasteiger charge is -2.08. The van der Waals surface area contributed by atoms with Crippen LogP contribution in [-0.4, -0.2) is 21.6 Å². The van der Waals surface area contributed by atoms with Crippen molar-refractivity contribution in [2.45, 2.75) is 27.7 Å². The maximum absolute atomic E-state index is 12.2. The molecular weight excluding hydrogens is 332 g/mol. The zero-order valence-electron chi connectivity index (χ0n) is 15.1. The van der Waals surface area contributed by atoms with E-state index in [9.17, 15) is 9.59 Å². The standard InChI is InChI=1S/C19H20N4O3/c1-11-9-12(2)23(22-11)16-7-5-15(6-8-16)18(24)20-21-19(25)17-10-13(3)26-14(17)4/h5-10H,1-4H3,(H,20,24)(H,21,25). The number of nitrogens with one attached hydrogen (secondary N) is 2. The van der Waals surface area contributed by atoms with E-state index in [4.69, 9.17) is 4.42 Å². The van der Waals surface area contributed by atoms with Crippen LogP contribution in [0, 0.1) is 27.7 Å². The molecule has 2 heterocycles. The first kappa shape index (κ1) is 17.5. The Morgan fingerprint density at radius 1 is 0.962 bits per heavy atom. The summed E-state index contributed by atoms with van der Waals surface area (Å²) in [4.78, 5) is 24.3. The van der Waals surface area contributed by atoms with Crippen LogP contribution in [0.3, 0.4) is 0 Å². The van der Waals surface area contributed by atoms with E-state index in [1.807, 2.05) is 24.6 Å². The summed E-state index contributed by atoms with van der Waals surface area (Å²) < 4.78 is 7.12. The van der Waals surface area contributed by atoms with Crippen LogP contribution in [-0.2, 0) is 0 Å². The summed E-state index contributed by atoms with van der Waals surface area (Å²) in [7, 11) is 0. The van der Waals surface area contributed by atoms with Gasteiger partial charge in [0.05, 0.1) is 16.9 Å². The van der Waals surface area contributed by atoms with Crippen LogP contribution in [0.2, 0.25) is 0 Å². The molecule has 7 heteroatoms. The number of aromatic nitrogens is 2. The van der Waals surface area contributed by atoms with Crippen molar-refractivity contribution in [1.29, 1.82) is 0 Å². The highest BCUT2D eigenvalue weighted by molar-refractivity contribution is 5.99. The molecule has 0 radical (unpaired) electrons. The Morgan fingerprint density at radius 3 is 2.15 bits per heavy atom. The Bertz CT molecular complexity index is 967. The zero-order valence-corrected chi connectivity index (χ0v) is 15.1. The lowest BCUT2D eigenvalue weighted by atomic mass is 10.2. The molecule has 0 aliphatic rings. The molecule has 0 fully saturated rings. The molecule has 3 aromatic rings. The van der Waals surface area contributed by atoms with Crippen LogP contribution in [0.4, 0.5) is 0 Å². The van der Waals surface area contributed by atoms with Crippen LogP contribution in [0.15, 0.2) is 40.8 Å². The second-order valence-electron chi connectivity index (χ2n) is 6.12. The van der Waals surface area contributed by atoms with Crippen molar-refractivity contribution < 1.29 is 14.0 Å². The van der Waals surface area contributed by atoms with E-state index < -0.39 is 11.8 Å². The third kappa shape index (κ3) is 3.51. The fraction of sp³-hybridized carbons (Fsp3) is 0.211. The maximum atomic E-state index is 12.2. The third-order valence-corrected chi connectivity index (χ3v) is 3.96.